The van der Waals surface area contributed by atoms with Gasteiger partial charge in [-0.3, -0.25) is 0 Å². The van der Waals surface area contributed by atoms with E-state index in [1.165, 1.54) is 0 Å². The van der Waals surface area contributed by atoms with E-state index in [1.807, 2.05) is 25.1 Å². The van der Waals surface area contributed by atoms with Crippen LogP contribution in [0.1, 0.15) is 26.3 Å². The minimum Gasteiger partial charge on any atom is -0.424 e. The molecule has 0 fully saturated rings. The van der Waals surface area contributed by atoms with Crippen molar-refractivity contribution in [3.05, 3.63) is 23.8 Å². The highest BCUT2D eigenvalue weighted by Gasteiger charge is 2.14. The van der Waals surface area contributed by atoms with Crippen LogP contribution in [0.5, 0.6) is 0 Å². The van der Waals surface area contributed by atoms with E-state index in [2.05, 4.69) is 31.1 Å². The Bertz CT molecular complexity index is 480. The third-order valence-corrected chi connectivity index (χ3v) is 2.10. The first-order chi connectivity index (χ1) is 6.96. The van der Waals surface area contributed by atoms with Gasteiger partial charge >= 0.3 is 0 Å². The second-order valence-electron chi connectivity index (χ2n) is 4.82. The van der Waals surface area contributed by atoms with Gasteiger partial charge < -0.3 is 9.73 Å². The lowest BCUT2D eigenvalue weighted by molar-refractivity contribution is 0.555. The van der Waals surface area contributed by atoms with Gasteiger partial charge in [0, 0.05) is 5.54 Å². The number of hydrogen-bond donors (Lipinski definition) is 1. The number of hydrogen-bond acceptors (Lipinski definition) is 3. The van der Waals surface area contributed by atoms with Crippen molar-refractivity contribution in [1.29, 1.82) is 0 Å². The zero-order valence-electron chi connectivity index (χ0n) is 9.59. The van der Waals surface area contributed by atoms with E-state index in [1.54, 1.807) is 0 Å². The Kier molecular flexibility index (Phi) is 2.18. The number of oxazole rings is 1. The highest BCUT2D eigenvalue weighted by atomic mass is 16.4. The lowest BCUT2D eigenvalue weighted by atomic mass is 10.1. The van der Waals surface area contributed by atoms with Crippen LogP contribution >= 0.6 is 0 Å². The second-order valence-corrected chi connectivity index (χ2v) is 4.82. The van der Waals surface area contributed by atoms with Crippen LogP contribution in [0.25, 0.3) is 11.1 Å². The lowest BCUT2D eigenvalue weighted by Crippen LogP contribution is -2.26. The maximum Gasteiger partial charge on any atom is 0.296 e. The highest BCUT2D eigenvalue weighted by Crippen LogP contribution is 2.23. The average Bonchev–Trinajstić information content (AvgIpc) is 2.45. The average molecular weight is 204 g/mol. The molecule has 0 saturated carbocycles. The number of para-hydroxylation sites is 1. The van der Waals surface area contributed by atoms with E-state index in [0.717, 1.165) is 16.7 Å². The van der Waals surface area contributed by atoms with Crippen LogP contribution in [0.4, 0.5) is 6.01 Å². The Balaban J connectivity index is 2.44. The molecular weight excluding hydrogens is 188 g/mol. The third-order valence-electron chi connectivity index (χ3n) is 2.10. The number of rotatable bonds is 1. The van der Waals surface area contributed by atoms with Crippen molar-refractivity contribution in [1.82, 2.24) is 4.98 Å². The fourth-order valence-electron chi connectivity index (χ4n) is 1.46. The summed E-state index contributed by atoms with van der Waals surface area (Å²) < 4.78 is 5.60. The molecule has 0 unspecified atom stereocenters. The maximum absolute atomic E-state index is 5.60. The first-order valence-electron chi connectivity index (χ1n) is 5.10. The molecule has 1 aromatic carbocycles. The van der Waals surface area contributed by atoms with Gasteiger partial charge in [0.25, 0.3) is 6.01 Å². The number of aromatic nitrogens is 1. The molecule has 2 rings (SSSR count). The zero-order valence-corrected chi connectivity index (χ0v) is 9.59. The van der Waals surface area contributed by atoms with Gasteiger partial charge in [0.2, 0.25) is 0 Å². The molecule has 2 aromatic rings. The summed E-state index contributed by atoms with van der Waals surface area (Å²) in [5, 5.41) is 3.22. The van der Waals surface area contributed by atoms with Gasteiger partial charge in [0.05, 0.1) is 0 Å². The van der Waals surface area contributed by atoms with Crippen molar-refractivity contribution in [2.45, 2.75) is 33.2 Å². The quantitative estimate of drug-likeness (QED) is 0.774. The van der Waals surface area contributed by atoms with Gasteiger partial charge in [-0.2, -0.15) is 4.98 Å². The maximum atomic E-state index is 5.60. The molecule has 0 aliphatic rings. The van der Waals surface area contributed by atoms with Crippen LogP contribution < -0.4 is 5.32 Å². The fraction of sp³-hybridized carbons (Fsp3) is 0.417. The van der Waals surface area contributed by atoms with Crippen molar-refractivity contribution in [3.8, 4) is 0 Å². The number of aryl methyl sites for hydroxylation is 1. The summed E-state index contributed by atoms with van der Waals surface area (Å²) in [5.41, 5.74) is 2.87. The van der Waals surface area contributed by atoms with Gasteiger partial charge in [-0.05, 0) is 39.3 Å². The fourth-order valence-corrected chi connectivity index (χ4v) is 1.46. The minimum absolute atomic E-state index is 0.0330. The van der Waals surface area contributed by atoms with Gasteiger partial charge in [-0.15, -0.1) is 0 Å². The summed E-state index contributed by atoms with van der Waals surface area (Å²) in [6.45, 7) is 8.27. The van der Waals surface area contributed by atoms with Crippen molar-refractivity contribution in [3.63, 3.8) is 0 Å². The van der Waals surface area contributed by atoms with Crippen molar-refractivity contribution >= 4 is 17.1 Å². The summed E-state index contributed by atoms with van der Waals surface area (Å²) in [4.78, 5) is 4.42. The van der Waals surface area contributed by atoms with Crippen LogP contribution in [0.2, 0.25) is 0 Å². The summed E-state index contributed by atoms with van der Waals surface area (Å²) in [6.07, 6.45) is 0. The van der Waals surface area contributed by atoms with Gasteiger partial charge in [0.1, 0.15) is 5.52 Å². The Hall–Kier alpha value is -1.51. The molecule has 15 heavy (non-hydrogen) atoms. The first kappa shape index (κ1) is 10.0. The summed E-state index contributed by atoms with van der Waals surface area (Å²) in [5.74, 6) is 0. The molecule has 3 heteroatoms. The number of anilines is 1. The SMILES string of the molecule is Cc1cccc2oc(NC(C)(C)C)nc12. The smallest absolute Gasteiger partial charge is 0.296 e. The van der Waals surface area contributed by atoms with Crippen molar-refractivity contribution in [2.75, 3.05) is 5.32 Å². The van der Waals surface area contributed by atoms with E-state index < -0.39 is 0 Å². The van der Waals surface area contributed by atoms with E-state index in [-0.39, 0.29) is 5.54 Å². The molecule has 0 bridgehead atoms. The molecular formula is C12H16N2O. The zero-order chi connectivity index (χ0) is 11.1. The lowest BCUT2D eigenvalue weighted by Gasteiger charge is -2.18. The summed E-state index contributed by atoms with van der Waals surface area (Å²) in [7, 11) is 0. The Morgan fingerprint density at radius 2 is 2.00 bits per heavy atom. The molecule has 0 aliphatic heterocycles. The normalized spacial score (nSPS) is 12.0. The monoisotopic (exact) mass is 204 g/mol. The first-order valence-corrected chi connectivity index (χ1v) is 5.10. The van der Waals surface area contributed by atoms with Crippen molar-refractivity contribution in [2.24, 2.45) is 0 Å². The number of nitrogens with one attached hydrogen (secondary N) is 1. The minimum atomic E-state index is -0.0330. The van der Waals surface area contributed by atoms with Gasteiger partial charge in [-0.25, -0.2) is 0 Å². The van der Waals surface area contributed by atoms with E-state index in [4.69, 9.17) is 4.42 Å². The Morgan fingerprint density at radius 1 is 1.27 bits per heavy atom. The molecule has 0 amide bonds. The Morgan fingerprint density at radius 3 is 2.60 bits per heavy atom. The van der Waals surface area contributed by atoms with Crippen LogP contribution in [-0.2, 0) is 0 Å². The van der Waals surface area contributed by atoms with Crippen LogP contribution in [-0.4, -0.2) is 10.5 Å². The van der Waals surface area contributed by atoms with Gasteiger partial charge in [-0.1, -0.05) is 12.1 Å². The molecule has 1 aromatic heterocycles. The molecule has 0 aliphatic carbocycles. The molecule has 0 saturated heterocycles. The number of benzene rings is 1. The van der Waals surface area contributed by atoms with Crippen LogP contribution in [0.3, 0.4) is 0 Å². The van der Waals surface area contributed by atoms with E-state index >= 15 is 0 Å². The predicted molar refractivity (Wildman–Crippen MR) is 62.1 cm³/mol. The summed E-state index contributed by atoms with van der Waals surface area (Å²) >= 11 is 0. The molecule has 1 N–H and O–H groups in total. The van der Waals surface area contributed by atoms with Crippen molar-refractivity contribution < 1.29 is 4.42 Å². The molecule has 3 nitrogen and oxygen atoms in total. The number of fused-ring (bicyclic) bond motifs is 1. The predicted octanol–water partition coefficient (Wildman–Crippen LogP) is 3.35. The molecule has 1 heterocycles. The third kappa shape index (κ3) is 2.12. The molecule has 0 radical (unpaired) electrons. The van der Waals surface area contributed by atoms with Gasteiger partial charge in [0.15, 0.2) is 5.58 Å². The highest BCUT2D eigenvalue weighted by molar-refractivity contribution is 5.77. The summed E-state index contributed by atoms with van der Waals surface area (Å²) in [6, 6.07) is 6.53. The topological polar surface area (TPSA) is 38.1 Å². The second kappa shape index (κ2) is 3.26. The van der Waals surface area contributed by atoms with Crippen LogP contribution in [0.15, 0.2) is 22.6 Å². The Labute approximate surface area is 89.5 Å². The molecule has 0 spiro atoms. The van der Waals surface area contributed by atoms with Crippen LogP contribution in [0, 0.1) is 6.92 Å². The van der Waals surface area contributed by atoms with E-state index in [9.17, 15) is 0 Å². The molecule has 0 atom stereocenters. The van der Waals surface area contributed by atoms with E-state index in [0.29, 0.717) is 6.01 Å². The standard InChI is InChI=1S/C12H16N2O/c1-8-6-5-7-9-10(8)13-11(15-9)14-12(2,3)4/h5-7H,1-4H3,(H,13,14). The molecule has 80 valence electrons. The largest absolute Gasteiger partial charge is 0.424 e. The number of nitrogens with zero attached hydrogens (tertiary/aromatic N) is 1.